The topological polar surface area (TPSA) is 54.2 Å². The lowest BCUT2D eigenvalue weighted by Gasteiger charge is -2.24. The van der Waals surface area contributed by atoms with E-state index in [1.165, 1.54) is 0 Å². The highest BCUT2D eigenvalue weighted by Crippen LogP contribution is 2.23. The van der Waals surface area contributed by atoms with Crippen molar-refractivity contribution in [2.75, 3.05) is 31.1 Å². The van der Waals surface area contributed by atoms with Gasteiger partial charge in [0.2, 0.25) is 5.89 Å². The Bertz CT molecular complexity index is 526. The molecule has 0 unspecified atom stereocenters. The number of hydrogen-bond donors (Lipinski definition) is 1. The molecule has 1 aliphatic rings. The average molecular weight is 338 g/mol. The van der Waals surface area contributed by atoms with Crippen LogP contribution in [0.1, 0.15) is 0 Å². The number of benzene rings is 1. The standard InChI is InChI=1S/C12H13ClN4O.2ClH/c13-10-3-1-9(2-4-10)11-15-16-12(18-11)17-7-5-14-6-8-17;;/h1-4,14H,5-8H2;2*1H. The van der Waals surface area contributed by atoms with Gasteiger partial charge in [0, 0.05) is 36.8 Å². The number of hydrogen-bond acceptors (Lipinski definition) is 5. The van der Waals surface area contributed by atoms with Crippen LogP contribution in [0.25, 0.3) is 11.5 Å². The quantitative estimate of drug-likeness (QED) is 0.913. The number of aromatic nitrogens is 2. The molecule has 2 aromatic rings. The van der Waals surface area contributed by atoms with Crippen molar-refractivity contribution in [3.05, 3.63) is 29.3 Å². The van der Waals surface area contributed by atoms with Gasteiger partial charge < -0.3 is 14.6 Å². The summed E-state index contributed by atoms with van der Waals surface area (Å²) in [6.07, 6.45) is 0. The van der Waals surface area contributed by atoms with E-state index in [9.17, 15) is 0 Å². The summed E-state index contributed by atoms with van der Waals surface area (Å²) in [6, 6.07) is 7.95. The average Bonchev–Trinajstić information content (AvgIpc) is 2.90. The minimum Gasteiger partial charge on any atom is -0.403 e. The summed E-state index contributed by atoms with van der Waals surface area (Å²) in [5.74, 6) is 0.528. The normalized spacial score (nSPS) is 14.3. The summed E-state index contributed by atoms with van der Waals surface area (Å²) in [5.41, 5.74) is 0.883. The molecule has 0 radical (unpaired) electrons. The Labute approximate surface area is 134 Å². The Balaban J connectivity index is 0.000001000. The van der Waals surface area contributed by atoms with Gasteiger partial charge in [-0.15, -0.1) is 29.9 Å². The number of piperazine rings is 1. The molecule has 110 valence electrons. The van der Waals surface area contributed by atoms with Gasteiger partial charge in [-0.1, -0.05) is 16.7 Å². The van der Waals surface area contributed by atoms with E-state index >= 15 is 0 Å². The summed E-state index contributed by atoms with van der Waals surface area (Å²) in [4.78, 5) is 2.09. The Kier molecular flexibility index (Phi) is 6.55. The van der Waals surface area contributed by atoms with Gasteiger partial charge in [0.1, 0.15) is 0 Å². The number of halogens is 3. The van der Waals surface area contributed by atoms with E-state index in [4.69, 9.17) is 16.0 Å². The second-order valence-electron chi connectivity index (χ2n) is 4.13. The maximum atomic E-state index is 5.84. The predicted molar refractivity (Wildman–Crippen MR) is 84.3 cm³/mol. The first-order chi connectivity index (χ1) is 8.83. The third-order valence-corrected chi connectivity index (χ3v) is 3.14. The summed E-state index contributed by atoms with van der Waals surface area (Å²) >= 11 is 5.84. The molecule has 2 heterocycles. The zero-order valence-corrected chi connectivity index (χ0v) is 13.0. The summed E-state index contributed by atoms with van der Waals surface area (Å²) in [7, 11) is 0. The van der Waals surface area contributed by atoms with Crippen molar-refractivity contribution in [2.45, 2.75) is 0 Å². The second kappa shape index (κ2) is 7.69. The summed E-state index contributed by atoms with van der Waals surface area (Å²) in [6.45, 7) is 3.67. The molecule has 1 aliphatic heterocycles. The molecule has 0 spiro atoms. The van der Waals surface area contributed by atoms with E-state index in [0.29, 0.717) is 16.9 Å². The first-order valence-corrected chi connectivity index (χ1v) is 6.26. The van der Waals surface area contributed by atoms with Crippen LogP contribution < -0.4 is 10.2 Å². The van der Waals surface area contributed by atoms with Crippen LogP contribution in [0.4, 0.5) is 6.01 Å². The molecule has 1 fully saturated rings. The highest BCUT2D eigenvalue weighted by Gasteiger charge is 2.17. The van der Waals surface area contributed by atoms with Crippen LogP contribution >= 0.6 is 36.4 Å². The van der Waals surface area contributed by atoms with E-state index < -0.39 is 0 Å². The van der Waals surface area contributed by atoms with Gasteiger partial charge in [-0.2, -0.15) is 0 Å². The highest BCUT2D eigenvalue weighted by molar-refractivity contribution is 6.30. The number of nitrogens with one attached hydrogen (secondary N) is 1. The zero-order chi connectivity index (χ0) is 12.4. The first kappa shape index (κ1) is 17.0. The molecule has 20 heavy (non-hydrogen) atoms. The van der Waals surface area contributed by atoms with Crippen molar-refractivity contribution in [3.63, 3.8) is 0 Å². The van der Waals surface area contributed by atoms with Gasteiger partial charge in [0.25, 0.3) is 0 Å². The van der Waals surface area contributed by atoms with Crippen LogP contribution in [-0.2, 0) is 0 Å². The lowest BCUT2D eigenvalue weighted by molar-refractivity contribution is 0.505. The van der Waals surface area contributed by atoms with E-state index in [2.05, 4.69) is 20.4 Å². The molecular weight excluding hydrogens is 323 g/mol. The maximum Gasteiger partial charge on any atom is 0.318 e. The molecule has 0 atom stereocenters. The Hall–Kier alpha value is -1.01. The van der Waals surface area contributed by atoms with Crippen LogP contribution in [0.15, 0.2) is 28.7 Å². The van der Waals surface area contributed by atoms with Gasteiger partial charge in [0.05, 0.1) is 0 Å². The number of rotatable bonds is 2. The van der Waals surface area contributed by atoms with Crippen LogP contribution in [0.3, 0.4) is 0 Å². The molecule has 0 bridgehead atoms. The first-order valence-electron chi connectivity index (χ1n) is 5.88. The second-order valence-corrected chi connectivity index (χ2v) is 4.57. The lowest BCUT2D eigenvalue weighted by Crippen LogP contribution is -2.43. The fraction of sp³-hybridized carbons (Fsp3) is 0.333. The number of anilines is 1. The van der Waals surface area contributed by atoms with Crippen LogP contribution in [0.5, 0.6) is 0 Å². The van der Waals surface area contributed by atoms with Crippen molar-refractivity contribution in [3.8, 4) is 11.5 Å². The molecule has 5 nitrogen and oxygen atoms in total. The zero-order valence-electron chi connectivity index (χ0n) is 10.6. The third-order valence-electron chi connectivity index (χ3n) is 2.89. The minimum absolute atomic E-state index is 0. The van der Waals surface area contributed by atoms with Gasteiger partial charge in [0.15, 0.2) is 0 Å². The van der Waals surface area contributed by atoms with Crippen molar-refractivity contribution in [1.29, 1.82) is 0 Å². The van der Waals surface area contributed by atoms with Crippen LogP contribution in [0.2, 0.25) is 5.02 Å². The van der Waals surface area contributed by atoms with Crippen LogP contribution in [0, 0.1) is 0 Å². The van der Waals surface area contributed by atoms with Crippen molar-refractivity contribution < 1.29 is 4.42 Å². The lowest BCUT2D eigenvalue weighted by atomic mass is 10.2. The van der Waals surface area contributed by atoms with Crippen LogP contribution in [-0.4, -0.2) is 36.4 Å². The molecule has 8 heteroatoms. The smallest absolute Gasteiger partial charge is 0.318 e. The molecule has 0 amide bonds. The highest BCUT2D eigenvalue weighted by atomic mass is 35.5. The van der Waals surface area contributed by atoms with E-state index in [1.807, 2.05) is 24.3 Å². The molecule has 1 saturated heterocycles. The number of nitrogens with zero attached hydrogens (tertiary/aromatic N) is 3. The van der Waals surface area contributed by atoms with Gasteiger partial charge >= 0.3 is 6.01 Å². The largest absolute Gasteiger partial charge is 0.403 e. The molecule has 1 aromatic heterocycles. The van der Waals surface area contributed by atoms with Crippen molar-refractivity contribution in [1.82, 2.24) is 15.5 Å². The third kappa shape index (κ3) is 3.76. The van der Waals surface area contributed by atoms with Gasteiger partial charge in [-0.25, -0.2) is 0 Å². The molecule has 0 saturated carbocycles. The van der Waals surface area contributed by atoms with E-state index in [-0.39, 0.29) is 24.8 Å². The SMILES string of the molecule is Cl.Cl.Clc1ccc(-c2nnc(N3CCNCC3)o2)cc1. The minimum atomic E-state index is 0. The molecule has 1 N–H and O–H groups in total. The summed E-state index contributed by atoms with van der Waals surface area (Å²) in [5, 5.41) is 12.1. The van der Waals surface area contributed by atoms with Gasteiger partial charge in [-0.3, -0.25) is 0 Å². The van der Waals surface area contributed by atoms with Crippen molar-refractivity contribution in [2.24, 2.45) is 0 Å². The Morgan fingerprint density at radius 3 is 2.35 bits per heavy atom. The summed E-state index contributed by atoms with van der Waals surface area (Å²) < 4.78 is 5.68. The Morgan fingerprint density at radius 2 is 1.70 bits per heavy atom. The molecule has 0 aliphatic carbocycles. The molecular formula is C12H15Cl3N4O. The fourth-order valence-electron chi connectivity index (χ4n) is 1.91. The van der Waals surface area contributed by atoms with E-state index in [0.717, 1.165) is 31.7 Å². The van der Waals surface area contributed by atoms with Gasteiger partial charge in [-0.05, 0) is 24.3 Å². The Morgan fingerprint density at radius 1 is 1.05 bits per heavy atom. The maximum absolute atomic E-state index is 5.84. The fourth-order valence-corrected chi connectivity index (χ4v) is 2.03. The van der Waals surface area contributed by atoms with Crippen molar-refractivity contribution >= 4 is 42.4 Å². The van der Waals surface area contributed by atoms with E-state index in [1.54, 1.807) is 0 Å². The molecule has 1 aromatic carbocycles. The predicted octanol–water partition coefficient (Wildman–Crippen LogP) is 2.64. The monoisotopic (exact) mass is 336 g/mol. The molecule has 3 rings (SSSR count).